The van der Waals surface area contributed by atoms with Crippen molar-refractivity contribution in [3.05, 3.63) is 24.3 Å². The van der Waals surface area contributed by atoms with Crippen molar-refractivity contribution in [1.29, 1.82) is 0 Å². The van der Waals surface area contributed by atoms with Crippen molar-refractivity contribution in [2.24, 2.45) is 5.92 Å². The van der Waals surface area contributed by atoms with Gasteiger partial charge in [-0.1, -0.05) is 12.1 Å². The van der Waals surface area contributed by atoms with Crippen molar-refractivity contribution >= 4 is 15.5 Å². The molecular formula is C12H17NO3S. The number of rotatable bonds is 5. The lowest BCUT2D eigenvalue weighted by Gasteiger charge is -2.14. The Bertz CT molecular complexity index is 494. The van der Waals surface area contributed by atoms with Crippen LogP contribution in [0, 0.1) is 5.92 Å². The molecule has 1 unspecified atom stereocenters. The predicted octanol–water partition coefficient (Wildman–Crippen LogP) is 1.27. The van der Waals surface area contributed by atoms with Gasteiger partial charge in [-0.05, 0) is 30.9 Å². The van der Waals surface area contributed by atoms with Crippen LogP contribution >= 0.6 is 0 Å². The second kappa shape index (κ2) is 4.66. The quantitative estimate of drug-likeness (QED) is 0.831. The molecule has 0 aliphatic heterocycles. The average Bonchev–Trinajstić information content (AvgIpc) is 3.08. The SMILES string of the molecule is CS(=O)(=O)c1ccccc1NCC(O)C1CC1. The predicted molar refractivity (Wildman–Crippen MR) is 66.8 cm³/mol. The molecule has 0 heterocycles. The summed E-state index contributed by atoms with van der Waals surface area (Å²) in [5.41, 5.74) is 0.565. The summed E-state index contributed by atoms with van der Waals surface area (Å²) in [7, 11) is -3.23. The maximum atomic E-state index is 11.5. The van der Waals surface area contributed by atoms with Crippen LogP contribution in [0.1, 0.15) is 12.8 Å². The van der Waals surface area contributed by atoms with E-state index in [1.165, 1.54) is 6.26 Å². The van der Waals surface area contributed by atoms with Gasteiger partial charge in [0.25, 0.3) is 0 Å². The molecule has 5 heteroatoms. The molecule has 0 saturated heterocycles. The summed E-state index contributed by atoms with van der Waals surface area (Å²) in [6, 6.07) is 6.76. The van der Waals surface area contributed by atoms with Crippen LogP contribution in [-0.2, 0) is 9.84 Å². The Morgan fingerprint density at radius 1 is 1.41 bits per heavy atom. The minimum Gasteiger partial charge on any atom is -0.391 e. The third-order valence-corrected chi connectivity index (χ3v) is 4.11. The number of hydrogen-bond acceptors (Lipinski definition) is 4. The van der Waals surface area contributed by atoms with E-state index in [1.54, 1.807) is 24.3 Å². The summed E-state index contributed by atoms with van der Waals surface area (Å²) in [4.78, 5) is 0.281. The molecule has 0 aromatic heterocycles. The van der Waals surface area contributed by atoms with Gasteiger partial charge in [-0.15, -0.1) is 0 Å². The number of aliphatic hydroxyl groups is 1. The largest absolute Gasteiger partial charge is 0.391 e. The molecule has 0 radical (unpaired) electrons. The highest BCUT2D eigenvalue weighted by atomic mass is 32.2. The van der Waals surface area contributed by atoms with Crippen molar-refractivity contribution in [2.45, 2.75) is 23.8 Å². The highest BCUT2D eigenvalue weighted by molar-refractivity contribution is 7.90. The number of benzene rings is 1. The van der Waals surface area contributed by atoms with Crippen LogP contribution < -0.4 is 5.32 Å². The van der Waals surface area contributed by atoms with Crippen molar-refractivity contribution in [3.63, 3.8) is 0 Å². The lowest BCUT2D eigenvalue weighted by Crippen LogP contribution is -2.22. The lowest BCUT2D eigenvalue weighted by molar-refractivity contribution is 0.164. The van der Waals surface area contributed by atoms with E-state index >= 15 is 0 Å². The van der Waals surface area contributed by atoms with Gasteiger partial charge in [0.15, 0.2) is 9.84 Å². The van der Waals surface area contributed by atoms with E-state index in [0.717, 1.165) is 12.8 Å². The maximum Gasteiger partial charge on any atom is 0.177 e. The van der Waals surface area contributed by atoms with Crippen LogP contribution in [0.5, 0.6) is 0 Å². The number of sulfone groups is 1. The molecule has 0 spiro atoms. The fourth-order valence-corrected chi connectivity index (χ4v) is 2.66. The molecular weight excluding hydrogens is 238 g/mol. The maximum absolute atomic E-state index is 11.5. The molecule has 1 atom stereocenters. The Morgan fingerprint density at radius 3 is 2.65 bits per heavy atom. The van der Waals surface area contributed by atoms with E-state index in [4.69, 9.17) is 0 Å². The van der Waals surface area contributed by atoms with E-state index in [0.29, 0.717) is 18.2 Å². The summed E-state index contributed by atoms with van der Waals surface area (Å²) in [6.45, 7) is 0.400. The van der Waals surface area contributed by atoms with E-state index < -0.39 is 9.84 Å². The highest BCUT2D eigenvalue weighted by Gasteiger charge is 2.29. The van der Waals surface area contributed by atoms with E-state index in [-0.39, 0.29) is 11.0 Å². The number of anilines is 1. The molecule has 1 aliphatic carbocycles. The van der Waals surface area contributed by atoms with Crippen LogP contribution in [0.4, 0.5) is 5.69 Å². The zero-order valence-electron chi connectivity index (χ0n) is 9.76. The van der Waals surface area contributed by atoms with Gasteiger partial charge >= 0.3 is 0 Å². The second-order valence-electron chi connectivity index (χ2n) is 4.55. The second-order valence-corrected chi connectivity index (χ2v) is 6.54. The summed E-state index contributed by atoms with van der Waals surface area (Å²) in [5, 5.41) is 12.7. The molecule has 1 aromatic carbocycles. The Balaban J connectivity index is 2.09. The molecule has 1 fully saturated rings. The van der Waals surface area contributed by atoms with E-state index in [2.05, 4.69) is 5.32 Å². The van der Waals surface area contributed by atoms with Crippen LogP contribution in [0.25, 0.3) is 0 Å². The Morgan fingerprint density at radius 2 is 2.06 bits per heavy atom. The molecule has 94 valence electrons. The molecule has 4 nitrogen and oxygen atoms in total. The molecule has 2 rings (SSSR count). The first-order valence-corrected chi connectivity index (χ1v) is 7.58. The summed E-state index contributed by atoms with van der Waals surface area (Å²) in [6.07, 6.45) is 2.93. The first-order chi connectivity index (χ1) is 7.98. The smallest absolute Gasteiger partial charge is 0.177 e. The van der Waals surface area contributed by atoms with Crippen molar-refractivity contribution in [1.82, 2.24) is 0 Å². The third-order valence-electron chi connectivity index (χ3n) is 2.95. The lowest BCUT2D eigenvalue weighted by atomic mass is 10.2. The normalized spacial score (nSPS) is 17.8. The van der Waals surface area contributed by atoms with Gasteiger partial charge in [-0.2, -0.15) is 0 Å². The van der Waals surface area contributed by atoms with Crippen LogP contribution in [0.3, 0.4) is 0 Å². The number of hydrogen-bond donors (Lipinski definition) is 2. The van der Waals surface area contributed by atoms with Crippen LogP contribution in [0.2, 0.25) is 0 Å². The first kappa shape index (κ1) is 12.4. The molecule has 0 bridgehead atoms. The molecule has 1 aromatic rings. The summed E-state index contributed by atoms with van der Waals surface area (Å²) >= 11 is 0. The standard InChI is InChI=1S/C12H17NO3S/c1-17(15,16)12-5-3-2-4-10(12)13-8-11(14)9-6-7-9/h2-5,9,11,13-14H,6-8H2,1H3. The van der Waals surface area contributed by atoms with Gasteiger partial charge in [0.2, 0.25) is 0 Å². The van der Waals surface area contributed by atoms with Gasteiger partial charge in [0.05, 0.1) is 16.7 Å². The first-order valence-electron chi connectivity index (χ1n) is 5.69. The zero-order valence-corrected chi connectivity index (χ0v) is 10.6. The van der Waals surface area contributed by atoms with Gasteiger partial charge in [0.1, 0.15) is 0 Å². The van der Waals surface area contributed by atoms with Gasteiger partial charge < -0.3 is 10.4 Å². The molecule has 0 amide bonds. The molecule has 2 N–H and O–H groups in total. The zero-order chi connectivity index (χ0) is 12.5. The van der Waals surface area contributed by atoms with Crippen LogP contribution in [-0.4, -0.2) is 32.4 Å². The van der Waals surface area contributed by atoms with Gasteiger partial charge in [-0.25, -0.2) is 8.42 Å². The topological polar surface area (TPSA) is 66.4 Å². The minimum atomic E-state index is -3.23. The number of aliphatic hydroxyl groups excluding tert-OH is 1. The van der Waals surface area contributed by atoms with Gasteiger partial charge in [0, 0.05) is 12.8 Å². The molecule has 17 heavy (non-hydrogen) atoms. The Labute approximate surface area is 102 Å². The third kappa shape index (κ3) is 3.20. The van der Waals surface area contributed by atoms with Crippen molar-refractivity contribution < 1.29 is 13.5 Å². The number of nitrogens with one attached hydrogen (secondary N) is 1. The minimum absolute atomic E-state index is 0.281. The fraction of sp³-hybridized carbons (Fsp3) is 0.500. The van der Waals surface area contributed by atoms with E-state index in [9.17, 15) is 13.5 Å². The monoisotopic (exact) mass is 255 g/mol. The molecule has 1 saturated carbocycles. The van der Waals surface area contributed by atoms with Crippen molar-refractivity contribution in [3.8, 4) is 0 Å². The summed E-state index contributed by atoms with van der Waals surface area (Å²) < 4.78 is 23.1. The van der Waals surface area contributed by atoms with Crippen molar-refractivity contribution in [2.75, 3.05) is 18.1 Å². The Kier molecular flexibility index (Phi) is 3.40. The fourth-order valence-electron chi connectivity index (χ4n) is 1.80. The number of para-hydroxylation sites is 1. The highest BCUT2D eigenvalue weighted by Crippen LogP contribution is 2.32. The molecule has 1 aliphatic rings. The Hall–Kier alpha value is -1.07. The summed E-state index contributed by atoms with van der Waals surface area (Å²) in [5.74, 6) is 0.382. The van der Waals surface area contributed by atoms with Gasteiger partial charge in [-0.3, -0.25) is 0 Å². The van der Waals surface area contributed by atoms with E-state index in [1.807, 2.05) is 0 Å². The average molecular weight is 255 g/mol. The van der Waals surface area contributed by atoms with Crippen LogP contribution in [0.15, 0.2) is 29.2 Å².